The highest BCUT2D eigenvalue weighted by Crippen LogP contribution is 2.12. The smallest absolute Gasteiger partial charge is 0.331 e. The average Bonchev–Trinajstić information content (AvgIpc) is 2.59. The van der Waals surface area contributed by atoms with Gasteiger partial charge in [0.15, 0.2) is 0 Å². The summed E-state index contributed by atoms with van der Waals surface area (Å²) in [6, 6.07) is 0. The fraction of sp³-hybridized carbons (Fsp3) is 0.706. The van der Waals surface area contributed by atoms with Crippen molar-refractivity contribution in [2.45, 2.75) is 39.7 Å². The Morgan fingerprint density at radius 1 is 1.24 bits per heavy atom. The quantitative estimate of drug-likeness (QED) is 0.526. The van der Waals surface area contributed by atoms with Crippen molar-refractivity contribution in [2.75, 3.05) is 39.4 Å². The third kappa shape index (κ3) is 5.27. The van der Waals surface area contributed by atoms with Crippen LogP contribution in [0.2, 0.25) is 0 Å². The number of aromatic hydroxyl groups is 1. The number of hydrogen-bond acceptors (Lipinski definition) is 6. The van der Waals surface area contributed by atoms with Gasteiger partial charge in [-0.15, -0.1) is 0 Å². The number of morpholine rings is 1. The number of rotatable bonds is 8. The van der Waals surface area contributed by atoms with Gasteiger partial charge in [-0.05, 0) is 19.8 Å². The molecule has 0 unspecified atom stereocenters. The topological polar surface area (TPSA) is 99.9 Å². The minimum absolute atomic E-state index is 0.0853. The molecular formula is C17H28N4O4. The molecule has 25 heavy (non-hydrogen) atoms. The number of ether oxygens (including phenoxy) is 1. The van der Waals surface area contributed by atoms with E-state index in [9.17, 15) is 14.7 Å². The number of nitrogens with one attached hydrogen (secondary N) is 1. The van der Waals surface area contributed by atoms with Gasteiger partial charge in [-0.2, -0.15) is 0 Å². The lowest BCUT2D eigenvalue weighted by Gasteiger charge is -2.26. The average molecular weight is 352 g/mol. The maximum Gasteiger partial charge on any atom is 0.331 e. The van der Waals surface area contributed by atoms with Gasteiger partial charge >= 0.3 is 5.69 Å². The fourth-order valence-corrected chi connectivity index (χ4v) is 2.85. The largest absolute Gasteiger partial charge is 0.494 e. The van der Waals surface area contributed by atoms with Crippen LogP contribution in [-0.2, 0) is 11.3 Å². The Morgan fingerprint density at radius 2 is 1.96 bits per heavy atom. The van der Waals surface area contributed by atoms with Gasteiger partial charge in [0.05, 0.1) is 13.2 Å². The Hall–Kier alpha value is -1.93. The molecule has 1 aromatic heterocycles. The minimum Gasteiger partial charge on any atom is -0.494 e. The molecule has 8 nitrogen and oxygen atoms in total. The normalized spacial score (nSPS) is 16.3. The van der Waals surface area contributed by atoms with E-state index in [0.717, 1.165) is 52.1 Å². The first-order chi connectivity index (χ1) is 12.0. The van der Waals surface area contributed by atoms with Crippen LogP contribution in [-0.4, -0.2) is 64.7 Å². The lowest BCUT2D eigenvalue weighted by Crippen LogP contribution is -2.37. The first kappa shape index (κ1) is 19.4. The van der Waals surface area contributed by atoms with E-state index in [0.29, 0.717) is 18.8 Å². The predicted octanol–water partition coefficient (Wildman–Crippen LogP) is 0.574. The van der Waals surface area contributed by atoms with Crippen molar-refractivity contribution in [3.63, 3.8) is 0 Å². The van der Waals surface area contributed by atoms with Crippen LogP contribution >= 0.6 is 0 Å². The summed E-state index contributed by atoms with van der Waals surface area (Å²) in [5.74, 6) is -0.295. The Kier molecular flexibility index (Phi) is 7.39. The van der Waals surface area contributed by atoms with E-state index in [-0.39, 0.29) is 11.4 Å². The molecule has 0 radical (unpaired) electrons. The highest BCUT2D eigenvalue weighted by atomic mass is 16.5. The summed E-state index contributed by atoms with van der Waals surface area (Å²) in [5.41, 5.74) is -0.641. The number of hydrogen-bond donors (Lipinski definition) is 2. The molecule has 0 saturated carbocycles. The summed E-state index contributed by atoms with van der Waals surface area (Å²) in [6.07, 6.45) is 2.50. The van der Waals surface area contributed by atoms with Gasteiger partial charge in [0.1, 0.15) is 5.56 Å². The van der Waals surface area contributed by atoms with Crippen molar-refractivity contribution in [2.24, 2.45) is 4.99 Å². The highest BCUT2D eigenvalue weighted by Gasteiger charge is 2.16. The molecular weight excluding hydrogens is 324 g/mol. The van der Waals surface area contributed by atoms with Crippen LogP contribution in [0, 0.1) is 0 Å². The van der Waals surface area contributed by atoms with Gasteiger partial charge in [0, 0.05) is 38.4 Å². The SMILES string of the molecule is CCCCn1c(O)c(C(C)=NCCCN2CCOCC2)c(=O)[nH]c1=O. The van der Waals surface area contributed by atoms with Gasteiger partial charge in [-0.1, -0.05) is 13.3 Å². The van der Waals surface area contributed by atoms with Gasteiger partial charge in [-0.3, -0.25) is 24.2 Å². The van der Waals surface area contributed by atoms with Crippen molar-refractivity contribution < 1.29 is 9.84 Å². The molecule has 2 N–H and O–H groups in total. The first-order valence-corrected chi connectivity index (χ1v) is 8.92. The van der Waals surface area contributed by atoms with Gasteiger partial charge in [-0.25, -0.2) is 4.79 Å². The summed E-state index contributed by atoms with van der Waals surface area (Å²) < 4.78 is 6.52. The molecule has 1 aromatic rings. The molecule has 0 aromatic carbocycles. The van der Waals surface area contributed by atoms with Crippen LogP contribution in [0.1, 0.15) is 38.7 Å². The molecule has 0 amide bonds. The van der Waals surface area contributed by atoms with Crippen molar-refractivity contribution in [3.8, 4) is 5.88 Å². The molecule has 0 bridgehead atoms. The summed E-state index contributed by atoms with van der Waals surface area (Å²) in [5, 5.41) is 10.3. The van der Waals surface area contributed by atoms with Crippen LogP contribution < -0.4 is 11.2 Å². The minimum atomic E-state index is -0.593. The maximum atomic E-state index is 12.1. The second-order valence-electron chi connectivity index (χ2n) is 6.24. The van der Waals surface area contributed by atoms with E-state index in [1.807, 2.05) is 6.92 Å². The van der Waals surface area contributed by atoms with Crippen molar-refractivity contribution in [1.29, 1.82) is 0 Å². The van der Waals surface area contributed by atoms with E-state index in [4.69, 9.17) is 4.74 Å². The molecule has 8 heteroatoms. The van der Waals surface area contributed by atoms with Crippen LogP contribution in [0.3, 0.4) is 0 Å². The molecule has 1 fully saturated rings. The Bertz CT molecular complexity index is 702. The zero-order chi connectivity index (χ0) is 18.2. The molecule has 0 aliphatic carbocycles. The number of aliphatic imine (C=N–C) groups is 1. The second-order valence-corrected chi connectivity index (χ2v) is 6.24. The molecule has 0 spiro atoms. The van der Waals surface area contributed by atoms with Crippen LogP contribution in [0.25, 0.3) is 0 Å². The summed E-state index contributed by atoms with van der Waals surface area (Å²) in [7, 11) is 0. The van der Waals surface area contributed by atoms with E-state index >= 15 is 0 Å². The number of aromatic nitrogens is 2. The monoisotopic (exact) mass is 352 g/mol. The Balaban J connectivity index is 2.05. The molecule has 2 heterocycles. The predicted molar refractivity (Wildman–Crippen MR) is 96.8 cm³/mol. The van der Waals surface area contributed by atoms with Crippen LogP contribution in [0.5, 0.6) is 5.88 Å². The highest BCUT2D eigenvalue weighted by molar-refractivity contribution is 6.00. The standard InChI is InChI=1S/C17H28N4O4/c1-3-4-8-21-16(23)14(15(22)19-17(21)24)13(2)18-6-5-7-20-9-11-25-12-10-20/h23H,3-12H2,1-2H3,(H,19,22,24). The van der Waals surface area contributed by atoms with E-state index in [2.05, 4.69) is 14.9 Å². The molecule has 0 atom stereocenters. The molecule has 1 saturated heterocycles. The first-order valence-electron chi connectivity index (χ1n) is 8.92. The zero-order valence-electron chi connectivity index (χ0n) is 15.1. The third-order valence-electron chi connectivity index (χ3n) is 4.35. The fourth-order valence-electron chi connectivity index (χ4n) is 2.85. The molecule has 2 rings (SSSR count). The molecule has 1 aliphatic heterocycles. The Morgan fingerprint density at radius 3 is 2.64 bits per heavy atom. The van der Waals surface area contributed by atoms with E-state index < -0.39 is 11.2 Å². The summed E-state index contributed by atoms with van der Waals surface area (Å²) in [6.45, 7) is 8.96. The number of aromatic amines is 1. The number of H-pyrrole nitrogens is 1. The lowest BCUT2D eigenvalue weighted by molar-refractivity contribution is 0.0377. The Labute approximate surface area is 147 Å². The van der Waals surface area contributed by atoms with Gasteiger partial charge in [0.2, 0.25) is 5.88 Å². The van der Waals surface area contributed by atoms with Crippen LogP contribution in [0.4, 0.5) is 0 Å². The second kappa shape index (κ2) is 9.53. The molecule has 1 aliphatic rings. The lowest BCUT2D eigenvalue weighted by atomic mass is 10.2. The van der Waals surface area contributed by atoms with Gasteiger partial charge < -0.3 is 9.84 Å². The van der Waals surface area contributed by atoms with Gasteiger partial charge in [0.25, 0.3) is 5.56 Å². The number of nitrogens with zero attached hydrogens (tertiary/aromatic N) is 3. The van der Waals surface area contributed by atoms with Crippen molar-refractivity contribution in [1.82, 2.24) is 14.5 Å². The van der Waals surface area contributed by atoms with Crippen molar-refractivity contribution in [3.05, 3.63) is 26.4 Å². The van der Waals surface area contributed by atoms with E-state index in [1.165, 1.54) is 4.57 Å². The molecule has 140 valence electrons. The summed E-state index contributed by atoms with van der Waals surface area (Å²) in [4.78, 5) is 33.0. The van der Waals surface area contributed by atoms with E-state index in [1.54, 1.807) is 6.92 Å². The number of unbranched alkanes of at least 4 members (excludes halogenated alkanes) is 1. The third-order valence-corrected chi connectivity index (χ3v) is 4.35. The summed E-state index contributed by atoms with van der Waals surface area (Å²) >= 11 is 0. The zero-order valence-corrected chi connectivity index (χ0v) is 15.1. The van der Waals surface area contributed by atoms with Crippen molar-refractivity contribution >= 4 is 5.71 Å². The maximum absolute atomic E-state index is 12.1. The van der Waals surface area contributed by atoms with Crippen LogP contribution in [0.15, 0.2) is 14.6 Å².